The second-order valence-corrected chi connectivity index (χ2v) is 5.53. The normalized spacial score (nSPS) is 11.1. The van der Waals surface area contributed by atoms with Crippen LogP contribution in [0.4, 0.5) is 5.82 Å². The molecule has 0 radical (unpaired) electrons. The van der Waals surface area contributed by atoms with Crippen LogP contribution in [0.25, 0.3) is 0 Å². The molecule has 1 rings (SSSR count). The first-order valence-electron chi connectivity index (χ1n) is 7.56. The van der Waals surface area contributed by atoms with E-state index in [4.69, 9.17) is 4.74 Å². The zero-order valence-electron chi connectivity index (χ0n) is 13.4. The van der Waals surface area contributed by atoms with E-state index in [1.165, 1.54) is 5.56 Å². The molecule has 0 aromatic carbocycles. The minimum Gasteiger partial charge on any atom is -0.383 e. The van der Waals surface area contributed by atoms with Gasteiger partial charge in [0.1, 0.15) is 5.82 Å². The van der Waals surface area contributed by atoms with Gasteiger partial charge in [0.2, 0.25) is 0 Å². The fourth-order valence-corrected chi connectivity index (χ4v) is 2.06. The van der Waals surface area contributed by atoms with Gasteiger partial charge < -0.3 is 15.0 Å². The highest BCUT2D eigenvalue weighted by Crippen LogP contribution is 2.13. The average Bonchev–Trinajstić information content (AvgIpc) is 2.44. The molecule has 4 heteroatoms. The van der Waals surface area contributed by atoms with Crippen LogP contribution in [0.15, 0.2) is 18.3 Å². The molecule has 0 aliphatic carbocycles. The summed E-state index contributed by atoms with van der Waals surface area (Å²) in [5, 5.41) is 3.39. The summed E-state index contributed by atoms with van der Waals surface area (Å²) in [6.07, 6.45) is 3.13. The Morgan fingerprint density at radius 3 is 2.70 bits per heavy atom. The molecule has 4 nitrogen and oxygen atoms in total. The number of rotatable bonds is 10. The van der Waals surface area contributed by atoms with Crippen LogP contribution in [-0.4, -0.2) is 38.3 Å². The molecule has 114 valence electrons. The molecule has 1 N–H and O–H groups in total. The summed E-state index contributed by atoms with van der Waals surface area (Å²) in [4.78, 5) is 6.88. The molecule has 0 amide bonds. The smallest absolute Gasteiger partial charge is 0.128 e. The van der Waals surface area contributed by atoms with Gasteiger partial charge in [-0.25, -0.2) is 4.98 Å². The third kappa shape index (κ3) is 6.35. The zero-order chi connectivity index (χ0) is 14.8. The van der Waals surface area contributed by atoms with Crippen LogP contribution in [0.1, 0.15) is 32.8 Å². The largest absolute Gasteiger partial charge is 0.383 e. The highest BCUT2D eigenvalue weighted by Gasteiger charge is 2.09. The predicted octanol–water partition coefficient (Wildman–Crippen LogP) is 2.69. The maximum absolute atomic E-state index is 5.19. The summed E-state index contributed by atoms with van der Waals surface area (Å²) in [6, 6.07) is 4.27. The van der Waals surface area contributed by atoms with Crippen molar-refractivity contribution in [3.8, 4) is 0 Å². The molecule has 20 heavy (non-hydrogen) atoms. The quantitative estimate of drug-likeness (QED) is 0.668. The van der Waals surface area contributed by atoms with Gasteiger partial charge in [0, 0.05) is 32.9 Å². The lowest BCUT2D eigenvalue weighted by Gasteiger charge is -2.25. The standard InChI is InChI=1S/C16H29N3O/c1-5-8-17-11-15-6-7-16(18-12-15)19(9-10-20-4)13-14(2)3/h6-7,12,14,17H,5,8-11,13H2,1-4H3. The minimum atomic E-state index is 0.611. The first-order chi connectivity index (χ1) is 9.67. The van der Waals surface area contributed by atoms with Gasteiger partial charge in [0.15, 0.2) is 0 Å². The van der Waals surface area contributed by atoms with E-state index in [0.717, 1.165) is 45.0 Å². The van der Waals surface area contributed by atoms with Crippen molar-refractivity contribution in [3.63, 3.8) is 0 Å². The molecule has 1 aromatic rings. The molecule has 0 spiro atoms. The summed E-state index contributed by atoms with van der Waals surface area (Å²) < 4.78 is 5.19. The number of ether oxygens (including phenoxy) is 1. The molecule has 0 aliphatic rings. The summed E-state index contributed by atoms with van der Waals surface area (Å²) in [7, 11) is 1.74. The Bertz CT molecular complexity index is 351. The molecule has 0 aliphatic heterocycles. The van der Waals surface area contributed by atoms with Gasteiger partial charge >= 0.3 is 0 Å². The summed E-state index contributed by atoms with van der Waals surface area (Å²) >= 11 is 0. The van der Waals surface area contributed by atoms with Crippen LogP contribution in [0, 0.1) is 5.92 Å². The number of methoxy groups -OCH3 is 1. The lowest BCUT2D eigenvalue weighted by atomic mass is 10.2. The molecule has 0 saturated heterocycles. The number of aromatic nitrogens is 1. The van der Waals surface area contributed by atoms with Crippen molar-refractivity contribution in [1.82, 2.24) is 10.3 Å². The summed E-state index contributed by atoms with van der Waals surface area (Å²) in [5.74, 6) is 1.65. The second-order valence-electron chi connectivity index (χ2n) is 5.53. The van der Waals surface area contributed by atoms with Gasteiger partial charge in [0.25, 0.3) is 0 Å². The number of hydrogen-bond acceptors (Lipinski definition) is 4. The van der Waals surface area contributed by atoms with Gasteiger partial charge in [-0.2, -0.15) is 0 Å². The van der Waals surface area contributed by atoms with Crippen molar-refractivity contribution in [1.29, 1.82) is 0 Å². The van der Waals surface area contributed by atoms with E-state index >= 15 is 0 Å². The van der Waals surface area contributed by atoms with Crippen molar-refractivity contribution < 1.29 is 4.74 Å². The first-order valence-corrected chi connectivity index (χ1v) is 7.56. The van der Waals surface area contributed by atoms with E-state index in [1.54, 1.807) is 7.11 Å². The maximum atomic E-state index is 5.19. The highest BCUT2D eigenvalue weighted by atomic mass is 16.5. The van der Waals surface area contributed by atoms with Crippen LogP contribution in [0.5, 0.6) is 0 Å². The second kappa shape index (κ2) is 9.72. The van der Waals surface area contributed by atoms with E-state index < -0.39 is 0 Å². The molecule has 0 bridgehead atoms. The van der Waals surface area contributed by atoms with Crippen molar-refractivity contribution in [3.05, 3.63) is 23.9 Å². The molecular weight excluding hydrogens is 250 g/mol. The van der Waals surface area contributed by atoms with E-state index in [0.29, 0.717) is 5.92 Å². The van der Waals surface area contributed by atoms with Crippen LogP contribution < -0.4 is 10.2 Å². The van der Waals surface area contributed by atoms with E-state index in [-0.39, 0.29) is 0 Å². The van der Waals surface area contributed by atoms with Crippen molar-refractivity contribution >= 4 is 5.82 Å². The van der Waals surface area contributed by atoms with Crippen molar-refractivity contribution in [2.45, 2.75) is 33.7 Å². The molecule has 0 saturated carbocycles. The van der Waals surface area contributed by atoms with Crippen molar-refractivity contribution in [2.24, 2.45) is 5.92 Å². The van der Waals surface area contributed by atoms with Crippen LogP contribution in [0.3, 0.4) is 0 Å². The molecule has 1 aromatic heterocycles. The fraction of sp³-hybridized carbons (Fsp3) is 0.688. The van der Waals surface area contributed by atoms with Crippen LogP contribution >= 0.6 is 0 Å². The SMILES string of the molecule is CCCNCc1ccc(N(CCOC)CC(C)C)nc1. The molecule has 0 atom stereocenters. The van der Waals surface area contributed by atoms with Gasteiger partial charge in [-0.05, 0) is 30.5 Å². The Morgan fingerprint density at radius 1 is 1.35 bits per heavy atom. The van der Waals surface area contributed by atoms with Crippen LogP contribution in [-0.2, 0) is 11.3 Å². The topological polar surface area (TPSA) is 37.4 Å². The lowest BCUT2D eigenvalue weighted by Crippen LogP contribution is -2.31. The Labute approximate surface area is 123 Å². The van der Waals surface area contributed by atoms with Gasteiger partial charge in [-0.1, -0.05) is 26.8 Å². The van der Waals surface area contributed by atoms with E-state index in [1.807, 2.05) is 6.20 Å². The fourth-order valence-electron chi connectivity index (χ4n) is 2.06. The maximum Gasteiger partial charge on any atom is 0.128 e. The van der Waals surface area contributed by atoms with Gasteiger partial charge in [-0.3, -0.25) is 0 Å². The Morgan fingerprint density at radius 2 is 2.15 bits per heavy atom. The summed E-state index contributed by atoms with van der Waals surface area (Å²) in [5.41, 5.74) is 1.23. The van der Waals surface area contributed by atoms with Gasteiger partial charge in [0.05, 0.1) is 6.61 Å². The third-order valence-electron chi connectivity index (χ3n) is 3.04. The average molecular weight is 279 g/mol. The Hall–Kier alpha value is -1.13. The predicted molar refractivity (Wildman–Crippen MR) is 85.2 cm³/mol. The van der Waals surface area contributed by atoms with Crippen molar-refractivity contribution in [2.75, 3.05) is 38.3 Å². The Balaban J connectivity index is 2.61. The number of hydrogen-bond donors (Lipinski definition) is 1. The minimum absolute atomic E-state index is 0.611. The van der Waals surface area contributed by atoms with E-state index in [2.05, 4.69) is 48.1 Å². The highest BCUT2D eigenvalue weighted by molar-refractivity contribution is 5.39. The third-order valence-corrected chi connectivity index (χ3v) is 3.04. The van der Waals surface area contributed by atoms with Crippen LogP contribution in [0.2, 0.25) is 0 Å². The molecular formula is C16H29N3O. The number of pyridine rings is 1. The Kier molecular flexibility index (Phi) is 8.23. The monoisotopic (exact) mass is 279 g/mol. The van der Waals surface area contributed by atoms with Gasteiger partial charge in [-0.15, -0.1) is 0 Å². The lowest BCUT2D eigenvalue weighted by molar-refractivity contribution is 0.204. The molecule has 1 heterocycles. The molecule has 0 unspecified atom stereocenters. The molecule has 0 fully saturated rings. The number of nitrogens with one attached hydrogen (secondary N) is 1. The summed E-state index contributed by atoms with van der Waals surface area (Å²) in [6.45, 7) is 11.2. The zero-order valence-corrected chi connectivity index (χ0v) is 13.4. The number of nitrogens with zero attached hydrogens (tertiary/aromatic N) is 2. The van der Waals surface area contributed by atoms with E-state index in [9.17, 15) is 0 Å². The first kappa shape index (κ1) is 16.9. The number of anilines is 1.